The first-order valence-electron chi connectivity index (χ1n) is 13.8. The van der Waals surface area contributed by atoms with Crippen molar-refractivity contribution in [2.24, 2.45) is 11.8 Å². The Labute approximate surface area is 225 Å². The van der Waals surface area contributed by atoms with Crippen LogP contribution in [0.5, 0.6) is 0 Å². The number of amides is 3. The Morgan fingerprint density at radius 2 is 1.62 bits per heavy atom. The molecule has 7 nitrogen and oxygen atoms in total. The van der Waals surface area contributed by atoms with E-state index < -0.39 is 23.8 Å². The molecule has 37 heavy (non-hydrogen) atoms. The molecule has 1 rings (SSSR count). The average Bonchev–Trinajstić information content (AvgIpc) is 2.78. The summed E-state index contributed by atoms with van der Waals surface area (Å²) in [4.78, 5) is 42.5. The molecule has 0 aromatic heterocycles. The van der Waals surface area contributed by atoms with Crippen molar-refractivity contribution in [2.45, 2.75) is 119 Å². The maximum absolute atomic E-state index is 14.3. The number of hydrogen-bond acceptors (Lipinski definition) is 4. The van der Waals surface area contributed by atoms with Crippen molar-refractivity contribution >= 4 is 17.9 Å². The van der Waals surface area contributed by atoms with Crippen LogP contribution in [-0.2, 0) is 14.3 Å². The van der Waals surface area contributed by atoms with Crippen LogP contribution >= 0.6 is 0 Å². The first-order chi connectivity index (χ1) is 17.2. The number of alkyl carbamates (subject to hydrolysis) is 1. The molecule has 2 N–H and O–H groups in total. The summed E-state index contributed by atoms with van der Waals surface area (Å²) in [5, 5.41) is 5.86. The van der Waals surface area contributed by atoms with Crippen LogP contribution < -0.4 is 10.6 Å². The van der Waals surface area contributed by atoms with Crippen LogP contribution in [0.25, 0.3) is 0 Å². The number of hydrogen-bond donors (Lipinski definition) is 2. The molecule has 210 valence electrons. The Kier molecular flexibility index (Phi) is 13.2. The van der Waals surface area contributed by atoms with Gasteiger partial charge in [0, 0.05) is 12.6 Å². The van der Waals surface area contributed by atoms with Gasteiger partial charge in [0.1, 0.15) is 17.7 Å². The summed E-state index contributed by atoms with van der Waals surface area (Å²) in [5.74, 6) is -0.237. The van der Waals surface area contributed by atoms with Crippen molar-refractivity contribution in [3.63, 3.8) is 0 Å². The molecule has 0 aliphatic rings. The van der Waals surface area contributed by atoms with Crippen molar-refractivity contribution in [2.75, 3.05) is 6.54 Å². The van der Waals surface area contributed by atoms with E-state index in [1.807, 2.05) is 52.0 Å². The van der Waals surface area contributed by atoms with Crippen molar-refractivity contribution in [1.82, 2.24) is 15.5 Å². The maximum Gasteiger partial charge on any atom is 0.408 e. The molecule has 3 unspecified atom stereocenters. The van der Waals surface area contributed by atoms with E-state index in [0.717, 1.165) is 36.8 Å². The van der Waals surface area contributed by atoms with Gasteiger partial charge in [-0.3, -0.25) is 9.59 Å². The molecule has 0 bridgehead atoms. The molecule has 3 atom stereocenters. The van der Waals surface area contributed by atoms with Crippen LogP contribution in [0.3, 0.4) is 0 Å². The molecule has 1 aromatic rings. The van der Waals surface area contributed by atoms with Crippen molar-refractivity contribution in [3.05, 3.63) is 35.4 Å². The van der Waals surface area contributed by atoms with Crippen LogP contribution in [0.4, 0.5) is 4.79 Å². The monoisotopic (exact) mass is 517 g/mol. The zero-order valence-electron chi connectivity index (χ0n) is 24.8. The smallest absolute Gasteiger partial charge is 0.408 e. The summed E-state index contributed by atoms with van der Waals surface area (Å²) in [5.41, 5.74) is 1.04. The van der Waals surface area contributed by atoms with Gasteiger partial charge >= 0.3 is 6.09 Å². The number of aryl methyl sites for hydroxylation is 1. The predicted molar refractivity (Wildman–Crippen MR) is 150 cm³/mol. The minimum atomic E-state index is -0.841. The highest BCUT2D eigenvalue weighted by atomic mass is 16.6. The third-order valence-corrected chi connectivity index (χ3v) is 6.34. The van der Waals surface area contributed by atoms with Crippen LogP contribution in [0.1, 0.15) is 105 Å². The zero-order chi connectivity index (χ0) is 28.3. The molecule has 0 saturated heterocycles. The van der Waals surface area contributed by atoms with Gasteiger partial charge in [0.2, 0.25) is 11.8 Å². The van der Waals surface area contributed by atoms with Gasteiger partial charge < -0.3 is 20.3 Å². The first kappa shape index (κ1) is 32.5. The Bertz CT molecular complexity index is 876. The van der Waals surface area contributed by atoms with E-state index >= 15 is 0 Å². The number of nitrogens with zero attached hydrogens (tertiary/aromatic N) is 1. The van der Waals surface area contributed by atoms with Gasteiger partial charge in [0.05, 0.1) is 0 Å². The Morgan fingerprint density at radius 3 is 2.14 bits per heavy atom. The van der Waals surface area contributed by atoms with Crippen molar-refractivity contribution in [3.8, 4) is 0 Å². The lowest BCUT2D eigenvalue weighted by molar-refractivity contribution is -0.146. The molecule has 0 heterocycles. The Morgan fingerprint density at radius 1 is 1.00 bits per heavy atom. The number of rotatable bonds is 13. The number of ether oxygens (including phenoxy) is 1. The molecule has 1 aromatic carbocycles. The second-order valence-corrected chi connectivity index (χ2v) is 11.8. The molecule has 0 saturated carbocycles. The molecule has 0 aliphatic carbocycles. The molecule has 0 radical (unpaired) electrons. The average molecular weight is 518 g/mol. The Balaban J connectivity index is 3.57. The summed E-state index contributed by atoms with van der Waals surface area (Å²) in [6.45, 7) is 20.0. The Hall–Kier alpha value is -2.57. The standard InChI is InChI=1S/C30H51N3O4/c1-11-12-19-31-27(34)26(24-16-14-13-15-22(24)6)33(23(7)18-17-20(2)3)28(35)25(21(4)5)32-29(36)37-30(8,9)10/h13-16,20-21,23,25-26H,11-12,17-19H2,1-10H3,(H,31,34)(H,32,36). The number of nitrogens with one attached hydrogen (secondary N) is 2. The van der Waals surface area contributed by atoms with Crippen LogP contribution in [-0.4, -0.2) is 47.0 Å². The fraction of sp³-hybridized carbons (Fsp3) is 0.700. The number of carbonyl (C=O) groups is 3. The molecular weight excluding hydrogens is 466 g/mol. The van der Waals surface area contributed by atoms with E-state index in [2.05, 4.69) is 31.4 Å². The topological polar surface area (TPSA) is 87.7 Å². The van der Waals surface area contributed by atoms with Gasteiger partial charge in [-0.2, -0.15) is 0 Å². The van der Waals surface area contributed by atoms with E-state index in [4.69, 9.17) is 4.74 Å². The normalized spacial score (nSPS) is 14.2. The van der Waals surface area contributed by atoms with Crippen molar-refractivity contribution < 1.29 is 19.1 Å². The molecule has 0 aliphatic heterocycles. The second kappa shape index (κ2) is 15.0. The van der Waals surface area contributed by atoms with Gasteiger partial charge in [0.25, 0.3) is 0 Å². The van der Waals surface area contributed by atoms with Gasteiger partial charge in [-0.15, -0.1) is 0 Å². The van der Waals surface area contributed by atoms with Gasteiger partial charge in [0.15, 0.2) is 0 Å². The summed E-state index contributed by atoms with van der Waals surface area (Å²) in [7, 11) is 0. The van der Waals surface area contributed by atoms with Crippen LogP contribution in [0.15, 0.2) is 24.3 Å². The van der Waals surface area contributed by atoms with E-state index in [0.29, 0.717) is 12.5 Å². The van der Waals surface area contributed by atoms with Crippen molar-refractivity contribution in [1.29, 1.82) is 0 Å². The largest absolute Gasteiger partial charge is 0.444 e. The minimum absolute atomic E-state index is 0.202. The van der Waals surface area contributed by atoms with E-state index in [-0.39, 0.29) is 23.8 Å². The number of benzene rings is 1. The van der Waals surface area contributed by atoms with E-state index in [1.165, 1.54) is 0 Å². The third-order valence-electron chi connectivity index (χ3n) is 6.34. The first-order valence-corrected chi connectivity index (χ1v) is 13.8. The maximum atomic E-state index is 14.3. The van der Waals surface area contributed by atoms with E-state index in [9.17, 15) is 14.4 Å². The van der Waals surface area contributed by atoms with Crippen LogP contribution in [0, 0.1) is 18.8 Å². The summed E-state index contributed by atoms with van der Waals surface area (Å²) < 4.78 is 5.46. The highest BCUT2D eigenvalue weighted by Gasteiger charge is 2.40. The lowest BCUT2D eigenvalue weighted by Gasteiger charge is -2.40. The number of carbonyl (C=O) groups excluding carboxylic acids is 3. The fourth-order valence-corrected chi connectivity index (χ4v) is 4.22. The molecule has 0 fully saturated rings. The van der Waals surface area contributed by atoms with Gasteiger partial charge in [-0.25, -0.2) is 4.79 Å². The minimum Gasteiger partial charge on any atom is -0.444 e. The van der Waals surface area contributed by atoms with E-state index in [1.54, 1.807) is 25.7 Å². The highest BCUT2D eigenvalue weighted by molar-refractivity contribution is 5.92. The van der Waals surface area contributed by atoms with Gasteiger partial charge in [-0.1, -0.05) is 65.3 Å². The molecule has 7 heteroatoms. The lowest BCUT2D eigenvalue weighted by atomic mass is 9.93. The quantitative estimate of drug-likeness (QED) is 0.307. The molecular formula is C30H51N3O4. The third kappa shape index (κ3) is 10.7. The molecule has 0 spiro atoms. The van der Waals surface area contributed by atoms with Crippen LogP contribution in [0.2, 0.25) is 0 Å². The lowest BCUT2D eigenvalue weighted by Crippen LogP contribution is -2.57. The zero-order valence-corrected chi connectivity index (χ0v) is 24.8. The summed E-state index contributed by atoms with van der Waals surface area (Å²) in [6, 6.07) is 5.83. The summed E-state index contributed by atoms with van der Waals surface area (Å²) in [6.07, 6.45) is 2.82. The predicted octanol–water partition coefficient (Wildman–Crippen LogP) is 6.16. The highest BCUT2D eigenvalue weighted by Crippen LogP contribution is 2.30. The fourth-order valence-electron chi connectivity index (χ4n) is 4.22. The number of unbranched alkanes of at least 4 members (excludes halogenated alkanes) is 1. The molecule has 3 amide bonds. The SMILES string of the molecule is CCCCNC(=O)C(c1ccccc1C)N(C(=O)C(NC(=O)OC(C)(C)C)C(C)C)C(C)CCC(C)C. The summed E-state index contributed by atoms with van der Waals surface area (Å²) >= 11 is 0. The van der Waals surface area contributed by atoms with Gasteiger partial charge in [-0.05, 0) is 76.8 Å². The second-order valence-electron chi connectivity index (χ2n) is 11.8.